The summed E-state index contributed by atoms with van der Waals surface area (Å²) < 4.78 is 1.61. The van der Waals surface area contributed by atoms with Gasteiger partial charge in [-0.15, -0.1) is 0 Å². The molecule has 27 heavy (non-hydrogen) atoms. The van der Waals surface area contributed by atoms with Crippen molar-refractivity contribution in [3.8, 4) is 0 Å². The molecule has 0 bridgehead atoms. The summed E-state index contributed by atoms with van der Waals surface area (Å²) in [7, 11) is 1.78. The Morgan fingerprint density at radius 2 is 1.67 bits per heavy atom. The number of amides is 1. The summed E-state index contributed by atoms with van der Waals surface area (Å²) in [5.74, 6) is 0.239. The maximum Gasteiger partial charge on any atom is 0.254 e. The van der Waals surface area contributed by atoms with E-state index in [0.717, 1.165) is 44.3 Å². The van der Waals surface area contributed by atoms with Crippen molar-refractivity contribution in [2.45, 2.75) is 44.3 Å². The molecule has 5 heteroatoms. The highest BCUT2D eigenvalue weighted by Crippen LogP contribution is 2.39. The van der Waals surface area contributed by atoms with E-state index in [0.29, 0.717) is 13.1 Å². The highest BCUT2D eigenvalue weighted by atomic mass is 16.2. The van der Waals surface area contributed by atoms with Gasteiger partial charge in [0.25, 0.3) is 5.56 Å². The van der Waals surface area contributed by atoms with Crippen molar-refractivity contribution in [3.63, 3.8) is 0 Å². The zero-order valence-corrected chi connectivity index (χ0v) is 15.9. The van der Waals surface area contributed by atoms with Gasteiger partial charge in [-0.3, -0.25) is 14.5 Å². The van der Waals surface area contributed by atoms with Crippen LogP contribution in [0.3, 0.4) is 0 Å². The van der Waals surface area contributed by atoms with Crippen LogP contribution in [0.4, 0.5) is 0 Å². The second-order valence-corrected chi connectivity index (χ2v) is 7.82. The Bertz CT molecular complexity index is 877. The van der Waals surface area contributed by atoms with Gasteiger partial charge in [0.2, 0.25) is 5.91 Å². The highest BCUT2D eigenvalue weighted by molar-refractivity contribution is 5.87. The fraction of sp³-hybridized carbons (Fsp3) is 0.455. The van der Waals surface area contributed by atoms with Crippen LogP contribution in [0.5, 0.6) is 0 Å². The number of hydrogen-bond donors (Lipinski definition) is 0. The highest BCUT2D eigenvalue weighted by Gasteiger charge is 2.50. The van der Waals surface area contributed by atoms with Gasteiger partial charge in [-0.05, 0) is 43.9 Å². The number of aromatic nitrogens is 1. The second-order valence-electron chi connectivity index (χ2n) is 7.82. The van der Waals surface area contributed by atoms with Crippen LogP contribution in [-0.4, -0.2) is 38.9 Å². The number of likely N-dealkylation sites (tertiary alicyclic amines) is 2. The van der Waals surface area contributed by atoms with Gasteiger partial charge in [-0.2, -0.15) is 0 Å². The fourth-order valence-electron chi connectivity index (χ4n) is 4.69. The summed E-state index contributed by atoms with van der Waals surface area (Å²) >= 11 is 0. The lowest BCUT2D eigenvalue weighted by Crippen LogP contribution is -2.59. The molecule has 0 radical (unpaired) electrons. The van der Waals surface area contributed by atoms with Crippen LogP contribution in [0.25, 0.3) is 0 Å². The van der Waals surface area contributed by atoms with Gasteiger partial charge < -0.3 is 9.47 Å². The Labute approximate surface area is 160 Å². The molecular weight excluding hydrogens is 338 g/mol. The standard InChI is InChI=1S/C22H27N3O2/c1-23-13-5-10-19(20(23)26)17-25-15-7-12-22(25)11-6-14-24(21(22)27)16-18-8-3-2-4-9-18/h2-5,8-10,13H,6-7,11-12,14-17H2,1H3. The Morgan fingerprint density at radius 3 is 2.44 bits per heavy atom. The van der Waals surface area contributed by atoms with E-state index in [1.807, 2.05) is 35.2 Å². The molecule has 0 N–H and O–H groups in total. The molecule has 1 aromatic carbocycles. The van der Waals surface area contributed by atoms with Gasteiger partial charge >= 0.3 is 0 Å². The number of carbonyl (C=O) groups excluding carboxylic acids is 1. The van der Waals surface area contributed by atoms with Gasteiger partial charge in [-0.25, -0.2) is 0 Å². The predicted molar refractivity (Wildman–Crippen MR) is 105 cm³/mol. The summed E-state index contributed by atoms with van der Waals surface area (Å²) in [5.41, 5.74) is 1.54. The van der Waals surface area contributed by atoms with E-state index < -0.39 is 5.54 Å². The largest absolute Gasteiger partial charge is 0.337 e. The molecule has 5 nitrogen and oxygen atoms in total. The van der Waals surface area contributed by atoms with Gasteiger partial charge in [-0.1, -0.05) is 36.4 Å². The van der Waals surface area contributed by atoms with E-state index in [4.69, 9.17) is 0 Å². The molecule has 0 aliphatic carbocycles. The van der Waals surface area contributed by atoms with Crippen molar-refractivity contribution in [1.82, 2.24) is 14.4 Å². The van der Waals surface area contributed by atoms with Crippen LogP contribution in [-0.2, 0) is 24.9 Å². The molecule has 1 aromatic heterocycles. The Balaban J connectivity index is 1.57. The molecule has 1 atom stereocenters. The topological polar surface area (TPSA) is 45.5 Å². The Kier molecular flexibility index (Phi) is 4.87. The van der Waals surface area contributed by atoms with Crippen molar-refractivity contribution in [2.75, 3.05) is 13.1 Å². The van der Waals surface area contributed by atoms with Crippen molar-refractivity contribution < 1.29 is 4.79 Å². The Morgan fingerprint density at radius 1 is 0.926 bits per heavy atom. The van der Waals surface area contributed by atoms with Crippen LogP contribution < -0.4 is 5.56 Å². The molecule has 1 unspecified atom stereocenters. The summed E-state index contributed by atoms with van der Waals surface area (Å²) in [4.78, 5) is 30.2. The van der Waals surface area contributed by atoms with Gasteiger partial charge in [0.15, 0.2) is 0 Å². The quantitative estimate of drug-likeness (QED) is 0.836. The fourth-order valence-corrected chi connectivity index (χ4v) is 4.69. The van der Waals surface area contributed by atoms with Crippen LogP contribution in [0.15, 0.2) is 53.5 Å². The Hall–Kier alpha value is -2.40. The van der Waals surface area contributed by atoms with Crippen LogP contribution in [0.1, 0.15) is 36.8 Å². The van der Waals surface area contributed by atoms with Crippen molar-refractivity contribution in [3.05, 3.63) is 70.1 Å². The number of hydrogen-bond acceptors (Lipinski definition) is 3. The maximum absolute atomic E-state index is 13.5. The molecule has 3 heterocycles. The molecule has 2 aliphatic heterocycles. The third-order valence-corrected chi connectivity index (χ3v) is 6.11. The molecule has 2 fully saturated rings. The average molecular weight is 365 g/mol. The molecule has 1 amide bonds. The van der Waals surface area contributed by atoms with Crippen molar-refractivity contribution in [2.24, 2.45) is 7.05 Å². The molecule has 4 rings (SSSR count). The van der Waals surface area contributed by atoms with E-state index in [9.17, 15) is 9.59 Å². The first kappa shape index (κ1) is 18.0. The predicted octanol–water partition coefficient (Wildman–Crippen LogP) is 2.54. The van der Waals surface area contributed by atoms with Crippen LogP contribution in [0.2, 0.25) is 0 Å². The molecule has 2 aliphatic rings. The summed E-state index contributed by atoms with van der Waals surface area (Å²) in [6.07, 6.45) is 5.59. The summed E-state index contributed by atoms with van der Waals surface area (Å²) in [6, 6.07) is 14.0. The molecule has 2 aromatic rings. The number of carbonyl (C=O) groups is 1. The molecule has 1 spiro atoms. The van der Waals surface area contributed by atoms with E-state index in [1.165, 1.54) is 5.56 Å². The van der Waals surface area contributed by atoms with Gasteiger partial charge in [0, 0.05) is 38.4 Å². The number of rotatable bonds is 4. The first-order valence-corrected chi connectivity index (χ1v) is 9.83. The van der Waals surface area contributed by atoms with Crippen molar-refractivity contribution >= 4 is 5.91 Å². The van der Waals surface area contributed by atoms with E-state index in [2.05, 4.69) is 17.0 Å². The first-order valence-electron chi connectivity index (χ1n) is 9.83. The van der Waals surface area contributed by atoms with Crippen LogP contribution in [0, 0.1) is 0 Å². The lowest BCUT2D eigenvalue weighted by Gasteiger charge is -2.44. The van der Waals surface area contributed by atoms with Crippen molar-refractivity contribution in [1.29, 1.82) is 0 Å². The number of piperidine rings is 1. The normalized spacial score (nSPS) is 23.3. The lowest BCUT2D eigenvalue weighted by molar-refractivity contribution is -0.148. The number of benzene rings is 1. The SMILES string of the molecule is Cn1cccc(CN2CCCC23CCCN(Cc2ccccc2)C3=O)c1=O. The minimum Gasteiger partial charge on any atom is -0.337 e. The monoisotopic (exact) mass is 365 g/mol. The minimum atomic E-state index is -0.437. The summed E-state index contributed by atoms with van der Waals surface area (Å²) in [5, 5.41) is 0. The smallest absolute Gasteiger partial charge is 0.254 e. The number of pyridine rings is 1. The lowest BCUT2D eigenvalue weighted by atomic mass is 9.85. The van der Waals surface area contributed by atoms with E-state index >= 15 is 0 Å². The average Bonchev–Trinajstić information content (AvgIpc) is 3.07. The van der Waals surface area contributed by atoms with E-state index in [-0.39, 0.29) is 11.5 Å². The zero-order valence-electron chi connectivity index (χ0n) is 15.9. The van der Waals surface area contributed by atoms with Crippen LogP contribution >= 0.6 is 0 Å². The van der Waals surface area contributed by atoms with Gasteiger partial charge in [0.1, 0.15) is 5.54 Å². The molecular formula is C22H27N3O2. The molecule has 0 saturated carbocycles. The van der Waals surface area contributed by atoms with E-state index in [1.54, 1.807) is 17.8 Å². The first-order chi connectivity index (χ1) is 13.1. The molecule has 142 valence electrons. The maximum atomic E-state index is 13.5. The second kappa shape index (κ2) is 7.31. The number of nitrogens with zero attached hydrogens (tertiary/aromatic N) is 3. The number of aryl methyl sites for hydroxylation is 1. The summed E-state index contributed by atoms with van der Waals surface area (Å²) in [6.45, 7) is 2.92. The zero-order chi connectivity index (χ0) is 18.9. The molecule has 2 saturated heterocycles. The third-order valence-electron chi connectivity index (χ3n) is 6.11. The third kappa shape index (κ3) is 3.32. The van der Waals surface area contributed by atoms with Gasteiger partial charge in [0.05, 0.1) is 0 Å². The minimum absolute atomic E-state index is 0.0314.